The largest absolute Gasteiger partial charge is 0.494 e. The van der Waals surface area contributed by atoms with Crippen LogP contribution in [0.3, 0.4) is 0 Å². The average Bonchev–Trinajstić information content (AvgIpc) is 3.11. The normalized spacial score (nSPS) is 15.0. The lowest BCUT2D eigenvalue weighted by atomic mass is 10.3. The minimum atomic E-state index is -0.0444. The van der Waals surface area contributed by atoms with Crippen molar-refractivity contribution >= 4 is 38.4 Å². The van der Waals surface area contributed by atoms with Crippen LogP contribution in [0.15, 0.2) is 36.8 Å². The van der Waals surface area contributed by atoms with Gasteiger partial charge in [-0.05, 0) is 25.1 Å². The first-order valence-electron chi connectivity index (χ1n) is 9.28. The molecule has 1 aromatic carbocycles. The summed E-state index contributed by atoms with van der Waals surface area (Å²) in [6.45, 7) is 6.20. The maximum Gasteiger partial charge on any atom is 0.240 e. The smallest absolute Gasteiger partial charge is 0.240 e. The Kier molecular flexibility index (Phi) is 5.63. The van der Waals surface area contributed by atoms with Crippen molar-refractivity contribution in [3.63, 3.8) is 0 Å². The number of nitrogens with zero attached hydrogens (tertiary/aromatic N) is 5. The number of fused-ring (bicyclic) bond motifs is 1. The zero-order chi connectivity index (χ0) is 19.3. The van der Waals surface area contributed by atoms with Gasteiger partial charge in [-0.2, -0.15) is 0 Å². The minimum absolute atomic E-state index is 0.0444. The Morgan fingerprint density at radius 2 is 2.11 bits per heavy atom. The zero-order valence-electron chi connectivity index (χ0n) is 15.7. The highest BCUT2D eigenvalue weighted by Crippen LogP contribution is 2.29. The predicted molar refractivity (Wildman–Crippen MR) is 110 cm³/mol. The Bertz CT molecular complexity index is 940. The number of anilines is 2. The quantitative estimate of drug-likeness (QED) is 0.682. The van der Waals surface area contributed by atoms with Gasteiger partial charge in [0.1, 0.15) is 11.6 Å². The summed E-state index contributed by atoms with van der Waals surface area (Å²) in [4.78, 5) is 29.7. The lowest BCUT2D eigenvalue weighted by Crippen LogP contribution is -2.48. The van der Waals surface area contributed by atoms with E-state index < -0.39 is 0 Å². The molecule has 8 nitrogen and oxygen atoms in total. The molecule has 0 bridgehead atoms. The second-order valence-corrected chi connectivity index (χ2v) is 7.49. The van der Waals surface area contributed by atoms with E-state index >= 15 is 0 Å². The van der Waals surface area contributed by atoms with E-state index in [-0.39, 0.29) is 5.91 Å². The lowest BCUT2D eigenvalue weighted by molar-refractivity contribution is -0.117. The van der Waals surface area contributed by atoms with Crippen LogP contribution >= 0.6 is 11.3 Å². The molecule has 0 atom stereocenters. The molecule has 3 heterocycles. The molecule has 3 aromatic rings. The van der Waals surface area contributed by atoms with Crippen molar-refractivity contribution in [1.29, 1.82) is 0 Å². The molecular weight excluding hydrogens is 376 g/mol. The van der Waals surface area contributed by atoms with Gasteiger partial charge >= 0.3 is 0 Å². The topological polar surface area (TPSA) is 83.5 Å². The zero-order valence-corrected chi connectivity index (χ0v) is 16.5. The molecular formula is C19H22N6O2S. The SMILES string of the molecule is CCOc1ccc2nc(NC(=O)CN3CCN(c4cnccn4)CC3)sc2c1. The van der Waals surface area contributed by atoms with Gasteiger partial charge in [-0.25, -0.2) is 9.97 Å². The van der Waals surface area contributed by atoms with Gasteiger partial charge < -0.3 is 15.0 Å². The molecule has 1 N–H and O–H groups in total. The van der Waals surface area contributed by atoms with Gasteiger partial charge in [0.2, 0.25) is 5.91 Å². The summed E-state index contributed by atoms with van der Waals surface area (Å²) in [5.74, 6) is 1.65. The van der Waals surface area contributed by atoms with Gasteiger partial charge in [-0.3, -0.25) is 14.7 Å². The Morgan fingerprint density at radius 3 is 2.86 bits per heavy atom. The molecule has 0 radical (unpaired) electrons. The van der Waals surface area contributed by atoms with Crippen molar-refractivity contribution < 1.29 is 9.53 Å². The van der Waals surface area contributed by atoms with Crippen LogP contribution in [0, 0.1) is 0 Å². The number of carbonyl (C=O) groups excluding carboxylic acids is 1. The standard InChI is InChI=1S/C19H22N6O2S/c1-2-27-14-3-4-15-16(11-14)28-19(22-15)23-18(26)13-24-7-9-25(10-8-24)17-12-20-5-6-21-17/h3-6,11-12H,2,7-10,13H2,1H3,(H,22,23,26). The van der Waals surface area contributed by atoms with Crippen molar-refractivity contribution in [3.8, 4) is 5.75 Å². The fourth-order valence-electron chi connectivity index (χ4n) is 3.17. The summed E-state index contributed by atoms with van der Waals surface area (Å²) in [6, 6.07) is 5.77. The Morgan fingerprint density at radius 1 is 1.25 bits per heavy atom. The highest BCUT2D eigenvalue weighted by molar-refractivity contribution is 7.22. The first-order chi connectivity index (χ1) is 13.7. The Labute approximate surface area is 167 Å². The average molecular weight is 398 g/mol. The monoisotopic (exact) mass is 398 g/mol. The van der Waals surface area contributed by atoms with E-state index in [9.17, 15) is 4.79 Å². The predicted octanol–water partition coefficient (Wildman–Crippen LogP) is 2.25. The van der Waals surface area contributed by atoms with Crippen LogP contribution in [-0.2, 0) is 4.79 Å². The third kappa shape index (κ3) is 4.37. The summed E-state index contributed by atoms with van der Waals surface area (Å²) < 4.78 is 6.52. The van der Waals surface area contributed by atoms with Crippen molar-refractivity contribution in [2.45, 2.75) is 6.92 Å². The number of benzene rings is 1. The molecule has 1 aliphatic rings. The Hall–Kier alpha value is -2.78. The van der Waals surface area contributed by atoms with Crippen molar-refractivity contribution in [3.05, 3.63) is 36.8 Å². The number of hydrogen-bond acceptors (Lipinski definition) is 8. The minimum Gasteiger partial charge on any atom is -0.494 e. The number of nitrogens with one attached hydrogen (secondary N) is 1. The maximum atomic E-state index is 12.4. The highest BCUT2D eigenvalue weighted by atomic mass is 32.1. The molecule has 28 heavy (non-hydrogen) atoms. The van der Waals surface area contributed by atoms with Crippen molar-refractivity contribution in [1.82, 2.24) is 19.9 Å². The fourth-order valence-corrected chi connectivity index (χ4v) is 4.08. The fraction of sp³-hybridized carbons (Fsp3) is 0.368. The lowest BCUT2D eigenvalue weighted by Gasteiger charge is -2.34. The van der Waals surface area contributed by atoms with E-state index in [0.29, 0.717) is 18.3 Å². The van der Waals surface area contributed by atoms with Crippen LogP contribution in [0.4, 0.5) is 10.9 Å². The number of rotatable bonds is 6. The first-order valence-corrected chi connectivity index (χ1v) is 10.1. The number of amides is 1. The number of ether oxygens (including phenoxy) is 1. The van der Waals surface area contributed by atoms with E-state index in [2.05, 4.69) is 30.1 Å². The van der Waals surface area contributed by atoms with Crippen LogP contribution in [0.1, 0.15) is 6.92 Å². The van der Waals surface area contributed by atoms with Gasteiger partial charge in [0.25, 0.3) is 0 Å². The molecule has 0 spiro atoms. The molecule has 1 amide bonds. The molecule has 4 rings (SSSR count). The summed E-state index contributed by atoms with van der Waals surface area (Å²) in [6.07, 6.45) is 5.14. The summed E-state index contributed by atoms with van der Waals surface area (Å²) in [5.41, 5.74) is 0.862. The van der Waals surface area contributed by atoms with Gasteiger partial charge in [-0.1, -0.05) is 11.3 Å². The van der Waals surface area contributed by atoms with Crippen LogP contribution in [0.25, 0.3) is 10.2 Å². The van der Waals surface area contributed by atoms with Crippen LogP contribution in [0.2, 0.25) is 0 Å². The van der Waals surface area contributed by atoms with Crippen LogP contribution in [0.5, 0.6) is 5.75 Å². The Balaban J connectivity index is 1.30. The third-order valence-electron chi connectivity index (χ3n) is 4.53. The van der Waals surface area contributed by atoms with Crippen LogP contribution < -0.4 is 15.0 Å². The number of thiazole rings is 1. The molecule has 1 aliphatic heterocycles. The third-order valence-corrected chi connectivity index (χ3v) is 5.46. The van der Waals surface area contributed by atoms with E-state index in [1.165, 1.54) is 11.3 Å². The molecule has 0 unspecified atom stereocenters. The first kappa shape index (κ1) is 18.6. The second kappa shape index (κ2) is 8.49. The van der Waals surface area contributed by atoms with Gasteiger partial charge in [-0.15, -0.1) is 0 Å². The van der Waals surface area contributed by atoms with Gasteiger partial charge in [0.15, 0.2) is 5.13 Å². The molecule has 2 aromatic heterocycles. The van der Waals surface area contributed by atoms with E-state index in [1.54, 1.807) is 18.6 Å². The highest BCUT2D eigenvalue weighted by Gasteiger charge is 2.20. The maximum absolute atomic E-state index is 12.4. The van der Waals surface area contributed by atoms with Gasteiger partial charge in [0, 0.05) is 38.6 Å². The van der Waals surface area contributed by atoms with Crippen molar-refractivity contribution in [2.24, 2.45) is 0 Å². The van der Waals surface area contributed by atoms with Gasteiger partial charge in [0.05, 0.1) is 29.6 Å². The van der Waals surface area contributed by atoms with E-state index in [0.717, 1.165) is 48.0 Å². The van der Waals surface area contributed by atoms with E-state index in [4.69, 9.17) is 4.74 Å². The molecule has 1 fully saturated rings. The van der Waals surface area contributed by atoms with Crippen LogP contribution in [-0.4, -0.2) is 65.1 Å². The summed E-state index contributed by atoms with van der Waals surface area (Å²) >= 11 is 1.46. The summed E-state index contributed by atoms with van der Waals surface area (Å²) in [5, 5.41) is 3.54. The molecule has 0 aliphatic carbocycles. The van der Waals surface area contributed by atoms with Crippen molar-refractivity contribution in [2.75, 3.05) is 49.5 Å². The van der Waals surface area contributed by atoms with E-state index in [1.807, 2.05) is 25.1 Å². The molecule has 9 heteroatoms. The second-order valence-electron chi connectivity index (χ2n) is 6.46. The molecule has 0 saturated carbocycles. The number of piperazine rings is 1. The molecule has 1 saturated heterocycles. The summed E-state index contributed by atoms with van der Waals surface area (Å²) in [7, 11) is 0. The number of aromatic nitrogens is 3. The molecule has 146 valence electrons. The number of carbonyl (C=O) groups is 1. The number of hydrogen-bond donors (Lipinski definition) is 1.